The number of nitro groups is 1. The lowest BCUT2D eigenvalue weighted by molar-refractivity contribution is -0.384. The second-order valence-corrected chi connectivity index (χ2v) is 7.23. The summed E-state index contributed by atoms with van der Waals surface area (Å²) < 4.78 is 0.599. The van der Waals surface area contributed by atoms with Crippen LogP contribution in [0.2, 0.25) is 0 Å². The van der Waals surface area contributed by atoms with E-state index in [4.69, 9.17) is 0 Å². The number of benzene rings is 1. The van der Waals surface area contributed by atoms with E-state index < -0.39 is 10.5 Å². The van der Waals surface area contributed by atoms with E-state index in [0.717, 1.165) is 31.4 Å². The van der Waals surface area contributed by atoms with Crippen molar-refractivity contribution < 1.29 is 14.5 Å². The molecule has 3 amide bonds. The van der Waals surface area contributed by atoms with E-state index in [1.807, 2.05) is 0 Å². The summed E-state index contributed by atoms with van der Waals surface area (Å²) in [5.41, 5.74) is 0.0833. The minimum atomic E-state index is -0.661. The largest absolute Gasteiger partial charge is 0.384 e. The monoisotopic (exact) mass is 410 g/mol. The molecule has 0 atom stereocenters. The van der Waals surface area contributed by atoms with Crippen LogP contribution in [0.1, 0.15) is 32.1 Å². The van der Waals surface area contributed by atoms with Crippen molar-refractivity contribution in [2.45, 2.75) is 37.6 Å². The molecule has 2 fully saturated rings. The van der Waals surface area contributed by atoms with Crippen molar-refractivity contribution in [3.05, 3.63) is 32.8 Å². The lowest BCUT2D eigenvalue weighted by Crippen LogP contribution is -2.44. The number of anilines is 1. The van der Waals surface area contributed by atoms with Crippen molar-refractivity contribution in [2.24, 2.45) is 0 Å². The van der Waals surface area contributed by atoms with Gasteiger partial charge in [-0.1, -0.05) is 12.8 Å². The standard InChI is InChI=1S/C16H19BrN4O4/c17-12-10-11(21(24)25)4-5-13(12)18-8-3-9-20-14(22)16(19-15(20)23)6-1-2-7-16/h4-5,10,18H,1-3,6-9H2,(H,19,23). The molecule has 8 nitrogen and oxygen atoms in total. The van der Waals surface area contributed by atoms with Crippen LogP contribution < -0.4 is 10.6 Å². The minimum absolute atomic E-state index is 0.0126. The SMILES string of the molecule is O=C1NC2(CCCC2)C(=O)N1CCCNc1ccc([N+](=O)[O-])cc1Br. The molecule has 1 aromatic carbocycles. The molecule has 1 heterocycles. The molecular formula is C16H19BrN4O4. The maximum absolute atomic E-state index is 12.5. The molecule has 1 aliphatic heterocycles. The van der Waals surface area contributed by atoms with Gasteiger partial charge in [-0.25, -0.2) is 4.79 Å². The fraction of sp³-hybridized carbons (Fsp3) is 0.500. The van der Waals surface area contributed by atoms with Crippen LogP contribution in [-0.2, 0) is 4.79 Å². The van der Waals surface area contributed by atoms with Gasteiger partial charge >= 0.3 is 6.03 Å². The Hall–Kier alpha value is -2.16. The first-order valence-corrected chi connectivity index (χ1v) is 9.04. The Morgan fingerprint density at radius 3 is 2.68 bits per heavy atom. The lowest BCUT2D eigenvalue weighted by Gasteiger charge is -2.20. The summed E-state index contributed by atoms with van der Waals surface area (Å²) in [7, 11) is 0. The number of urea groups is 1. The van der Waals surface area contributed by atoms with E-state index in [-0.39, 0.29) is 17.6 Å². The highest BCUT2D eigenvalue weighted by Crippen LogP contribution is 2.35. The minimum Gasteiger partial charge on any atom is -0.384 e. The van der Waals surface area contributed by atoms with Crippen LogP contribution in [0.25, 0.3) is 0 Å². The Kier molecular flexibility index (Phi) is 4.94. The zero-order chi connectivity index (χ0) is 18.0. The zero-order valence-electron chi connectivity index (χ0n) is 13.6. The molecule has 2 aliphatic rings. The second kappa shape index (κ2) is 6.99. The van der Waals surface area contributed by atoms with Crippen LogP contribution >= 0.6 is 15.9 Å². The lowest BCUT2D eigenvalue weighted by atomic mass is 9.98. The first-order chi connectivity index (χ1) is 11.9. The summed E-state index contributed by atoms with van der Waals surface area (Å²) in [6, 6.07) is 4.19. The summed E-state index contributed by atoms with van der Waals surface area (Å²) in [6.07, 6.45) is 3.98. The van der Waals surface area contributed by atoms with E-state index in [1.54, 1.807) is 6.07 Å². The van der Waals surface area contributed by atoms with Crippen LogP contribution in [0.5, 0.6) is 0 Å². The van der Waals surface area contributed by atoms with Gasteiger partial charge in [0, 0.05) is 35.4 Å². The quantitative estimate of drug-likeness (QED) is 0.324. The fourth-order valence-electron chi connectivity index (χ4n) is 3.42. The van der Waals surface area contributed by atoms with E-state index in [1.165, 1.54) is 17.0 Å². The number of nitrogens with one attached hydrogen (secondary N) is 2. The number of imide groups is 1. The Bertz CT molecular complexity index is 718. The van der Waals surface area contributed by atoms with E-state index in [2.05, 4.69) is 26.6 Å². The zero-order valence-corrected chi connectivity index (χ0v) is 15.2. The van der Waals surface area contributed by atoms with Crippen molar-refractivity contribution in [1.29, 1.82) is 0 Å². The average Bonchev–Trinajstić information content (AvgIpc) is 3.12. The van der Waals surface area contributed by atoms with Gasteiger partial charge in [0.15, 0.2) is 0 Å². The molecule has 1 spiro atoms. The van der Waals surface area contributed by atoms with Gasteiger partial charge in [0.1, 0.15) is 5.54 Å². The molecule has 25 heavy (non-hydrogen) atoms. The van der Waals surface area contributed by atoms with Gasteiger partial charge in [-0.3, -0.25) is 19.8 Å². The van der Waals surface area contributed by atoms with Crippen molar-refractivity contribution >= 4 is 39.2 Å². The molecule has 9 heteroatoms. The Morgan fingerprint density at radius 2 is 2.04 bits per heavy atom. The van der Waals surface area contributed by atoms with Crippen molar-refractivity contribution in [2.75, 3.05) is 18.4 Å². The van der Waals surface area contributed by atoms with Gasteiger partial charge in [0.2, 0.25) is 0 Å². The molecule has 134 valence electrons. The molecule has 1 aliphatic carbocycles. The Morgan fingerprint density at radius 1 is 1.32 bits per heavy atom. The van der Waals surface area contributed by atoms with Crippen LogP contribution in [0.3, 0.4) is 0 Å². The van der Waals surface area contributed by atoms with E-state index >= 15 is 0 Å². The third-order valence-corrected chi connectivity index (χ3v) is 5.40. The molecule has 0 unspecified atom stereocenters. The van der Waals surface area contributed by atoms with Gasteiger partial charge in [-0.15, -0.1) is 0 Å². The Labute approximate surface area is 153 Å². The highest BCUT2D eigenvalue weighted by atomic mass is 79.9. The highest BCUT2D eigenvalue weighted by Gasteiger charge is 2.51. The number of nitro benzene ring substituents is 1. The number of amides is 3. The van der Waals surface area contributed by atoms with Crippen molar-refractivity contribution in [3.63, 3.8) is 0 Å². The molecular weight excluding hydrogens is 392 g/mol. The fourth-order valence-corrected chi connectivity index (χ4v) is 3.92. The average molecular weight is 411 g/mol. The predicted octanol–water partition coefficient (Wildman–Crippen LogP) is 3.02. The molecule has 0 aromatic heterocycles. The second-order valence-electron chi connectivity index (χ2n) is 6.38. The first-order valence-electron chi connectivity index (χ1n) is 8.25. The highest BCUT2D eigenvalue weighted by molar-refractivity contribution is 9.10. The molecule has 1 saturated carbocycles. The Balaban J connectivity index is 1.51. The van der Waals surface area contributed by atoms with Crippen molar-refractivity contribution in [1.82, 2.24) is 10.2 Å². The number of hydrogen-bond acceptors (Lipinski definition) is 5. The van der Waals surface area contributed by atoms with Crippen LogP contribution in [-0.4, -0.2) is 40.4 Å². The van der Waals surface area contributed by atoms with Crippen molar-refractivity contribution in [3.8, 4) is 0 Å². The van der Waals surface area contributed by atoms with Gasteiger partial charge in [-0.2, -0.15) is 0 Å². The van der Waals surface area contributed by atoms with Gasteiger partial charge in [0.25, 0.3) is 11.6 Å². The first kappa shape index (κ1) is 17.7. The van der Waals surface area contributed by atoms with Crippen LogP contribution in [0.15, 0.2) is 22.7 Å². The summed E-state index contributed by atoms with van der Waals surface area (Å²) in [5.74, 6) is -0.105. The third-order valence-electron chi connectivity index (χ3n) is 4.74. The molecule has 1 aromatic rings. The number of rotatable bonds is 6. The predicted molar refractivity (Wildman–Crippen MR) is 95.3 cm³/mol. The summed E-state index contributed by atoms with van der Waals surface area (Å²) >= 11 is 3.30. The van der Waals surface area contributed by atoms with Crippen LogP contribution in [0, 0.1) is 10.1 Å². The number of carbonyl (C=O) groups is 2. The molecule has 1 saturated heterocycles. The van der Waals surface area contributed by atoms with Gasteiger partial charge in [-0.05, 0) is 41.3 Å². The number of halogens is 1. The molecule has 0 bridgehead atoms. The van der Waals surface area contributed by atoms with Crippen LogP contribution in [0.4, 0.5) is 16.2 Å². The number of non-ortho nitro benzene ring substituents is 1. The summed E-state index contributed by atoms with van der Waals surface area (Å²) in [6.45, 7) is 0.893. The maximum atomic E-state index is 12.5. The van der Waals surface area contributed by atoms with E-state index in [0.29, 0.717) is 24.0 Å². The smallest absolute Gasteiger partial charge is 0.325 e. The number of nitrogens with zero attached hydrogens (tertiary/aromatic N) is 2. The van der Waals surface area contributed by atoms with Gasteiger partial charge in [0.05, 0.1) is 4.92 Å². The number of hydrogen-bond donors (Lipinski definition) is 2. The normalized spacial score (nSPS) is 18.7. The van der Waals surface area contributed by atoms with Gasteiger partial charge < -0.3 is 10.6 Å². The summed E-state index contributed by atoms with van der Waals surface area (Å²) in [4.78, 5) is 36.2. The van der Waals surface area contributed by atoms with E-state index in [9.17, 15) is 19.7 Å². The summed E-state index contributed by atoms with van der Waals surface area (Å²) in [5, 5.41) is 16.7. The molecule has 0 radical (unpaired) electrons. The number of carbonyl (C=O) groups excluding carboxylic acids is 2. The topological polar surface area (TPSA) is 105 Å². The third kappa shape index (κ3) is 3.46. The maximum Gasteiger partial charge on any atom is 0.325 e. The molecule has 3 rings (SSSR count). The molecule has 2 N–H and O–H groups in total.